The fraction of sp³-hybridized carbons (Fsp3) is 0.0455. The zero-order valence-corrected chi connectivity index (χ0v) is 17.7. The number of aromatic nitrogens is 3. The second kappa shape index (κ2) is 8.62. The van der Waals surface area contributed by atoms with Gasteiger partial charge in [0.05, 0.1) is 16.9 Å². The molecule has 0 radical (unpaired) electrons. The molecule has 4 aromatic rings. The lowest BCUT2D eigenvalue weighted by atomic mass is 10.1. The number of pyridine rings is 1. The Labute approximate surface area is 185 Å². The highest BCUT2D eigenvalue weighted by Gasteiger charge is 2.18. The van der Waals surface area contributed by atoms with Crippen molar-refractivity contribution in [1.29, 1.82) is 0 Å². The molecular formula is C22H16FIN4O2. The van der Waals surface area contributed by atoms with Crippen LogP contribution in [0.2, 0.25) is 0 Å². The van der Waals surface area contributed by atoms with E-state index in [1.807, 2.05) is 59.1 Å². The molecule has 0 unspecified atom stereocenters. The van der Waals surface area contributed by atoms with Crippen LogP contribution in [0.15, 0.2) is 73.1 Å². The first-order valence-corrected chi connectivity index (χ1v) is 10.1. The SMILES string of the molecule is O=C(O)c1ccnc(I)c1NCc1cn(-c2ccccc2)nc1-c1ccccc1F. The monoisotopic (exact) mass is 514 g/mol. The van der Waals surface area contributed by atoms with Gasteiger partial charge >= 0.3 is 5.97 Å². The van der Waals surface area contributed by atoms with Crippen molar-refractivity contribution < 1.29 is 14.3 Å². The van der Waals surface area contributed by atoms with Crippen LogP contribution in [0.5, 0.6) is 0 Å². The van der Waals surface area contributed by atoms with E-state index in [1.54, 1.807) is 22.9 Å². The molecule has 4 rings (SSSR count). The maximum absolute atomic E-state index is 14.5. The average molecular weight is 514 g/mol. The number of halogens is 2. The first-order chi connectivity index (χ1) is 14.5. The minimum absolute atomic E-state index is 0.122. The number of hydrogen-bond acceptors (Lipinski definition) is 4. The Hall–Kier alpha value is -3.27. The summed E-state index contributed by atoms with van der Waals surface area (Å²) in [5.41, 5.74) is 2.96. The molecule has 2 aromatic heterocycles. The third-order valence-electron chi connectivity index (χ3n) is 4.53. The Morgan fingerprint density at radius 2 is 1.83 bits per heavy atom. The molecule has 0 atom stereocenters. The molecular weight excluding hydrogens is 498 g/mol. The Kier molecular flexibility index (Phi) is 5.75. The Bertz CT molecular complexity index is 1210. The topological polar surface area (TPSA) is 80.0 Å². The quantitative estimate of drug-likeness (QED) is 0.280. The smallest absolute Gasteiger partial charge is 0.337 e. The van der Waals surface area contributed by atoms with Gasteiger partial charge in [-0.15, -0.1) is 0 Å². The number of anilines is 1. The van der Waals surface area contributed by atoms with Crippen molar-refractivity contribution in [2.75, 3.05) is 5.32 Å². The first-order valence-electron chi connectivity index (χ1n) is 9.05. The van der Waals surface area contributed by atoms with Crippen molar-refractivity contribution in [2.24, 2.45) is 0 Å². The van der Waals surface area contributed by atoms with Crippen molar-refractivity contribution in [2.45, 2.75) is 6.54 Å². The lowest BCUT2D eigenvalue weighted by Crippen LogP contribution is -2.09. The van der Waals surface area contributed by atoms with Crippen LogP contribution >= 0.6 is 22.6 Å². The minimum Gasteiger partial charge on any atom is -0.478 e. The van der Waals surface area contributed by atoms with Crippen LogP contribution in [0, 0.1) is 9.52 Å². The zero-order chi connectivity index (χ0) is 21.1. The summed E-state index contributed by atoms with van der Waals surface area (Å²) >= 11 is 1.98. The maximum atomic E-state index is 14.5. The Morgan fingerprint density at radius 3 is 2.57 bits per heavy atom. The molecule has 0 aliphatic heterocycles. The van der Waals surface area contributed by atoms with Crippen LogP contribution < -0.4 is 5.32 Å². The van der Waals surface area contributed by atoms with Gasteiger partial charge in [0.2, 0.25) is 0 Å². The first kappa shape index (κ1) is 20.0. The molecule has 6 nitrogen and oxygen atoms in total. The number of hydrogen-bond donors (Lipinski definition) is 2. The third kappa shape index (κ3) is 4.04. The van der Waals surface area contributed by atoms with Gasteiger partial charge in [-0.2, -0.15) is 5.10 Å². The van der Waals surface area contributed by atoms with Crippen LogP contribution in [0.3, 0.4) is 0 Å². The summed E-state index contributed by atoms with van der Waals surface area (Å²) in [7, 11) is 0. The highest BCUT2D eigenvalue weighted by atomic mass is 127. The van der Waals surface area contributed by atoms with Crippen LogP contribution in [0.25, 0.3) is 16.9 Å². The van der Waals surface area contributed by atoms with E-state index in [4.69, 9.17) is 0 Å². The van der Waals surface area contributed by atoms with Crippen LogP contribution in [-0.2, 0) is 6.54 Å². The minimum atomic E-state index is -1.05. The third-order valence-corrected chi connectivity index (χ3v) is 5.35. The molecule has 0 aliphatic carbocycles. The lowest BCUT2D eigenvalue weighted by Gasteiger charge is -2.11. The van der Waals surface area contributed by atoms with Gasteiger partial charge in [0.15, 0.2) is 0 Å². The molecule has 0 saturated carbocycles. The molecule has 0 amide bonds. The fourth-order valence-electron chi connectivity index (χ4n) is 3.10. The van der Waals surface area contributed by atoms with Gasteiger partial charge in [-0.25, -0.2) is 18.9 Å². The number of carbonyl (C=O) groups is 1. The van der Waals surface area contributed by atoms with Crippen molar-refractivity contribution in [1.82, 2.24) is 14.8 Å². The van der Waals surface area contributed by atoms with E-state index < -0.39 is 5.97 Å². The van der Waals surface area contributed by atoms with Gasteiger partial charge in [-0.1, -0.05) is 30.3 Å². The van der Waals surface area contributed by atoms with Crippen molar-refractivity contribution in [3.63, 3.8) is 0 Å². The number of carboxylic acid groups (broad SMARTS) is 1. The van der Waals surface area contributed by atoms with Gasteiger partial charge < -0.3 is 10.4 Å². The van der Waals surface area contributed by atoms with Crippen LogP contribution in [0.1, 0.15) is 15.9 Å². The summed E-state index contributed by atoms with van der Waals surface area (Å²) in [4.78, 5) is 15.7. The van der Waals surface area contributed by atoms with Crippen molar-refractivity contribution >= 4 is 34.2 Å². The molecule has 8 heteroatoms. The zero-order valence-electron chi connectivity index (χ0n) is 15.6. The normalized spacial score (nSPS) is 10.7. The number of aromatic carboxylic acids is 1. The number of rotatable bonds is 6. The standard InChI is InChI=1S/C22H16FIN4O2/c23-18-9-5-4-8-16(18)19-14(13-28(27-19)15-6-2-1-3-7-15)12-26-20-17(22(29)30)10-11-25-21(20)24/h1-11,13,26H,12H2,(H,29,30). The van der Waals surface area contributed by atoms with Gasteiger partial charge in [0.25, 0.3) is 0 Å². The molecule has 0 fully saturated rings. The number of nitrogens with one attached hydrogen (secondary N) is 1. The lowest BCUT2D eigenvalue weighted by molar-refractivity contribution is 0.0697. The second-order valence-electron chi connectivity index (χ2n) is 6.45. The molecule has 2 aromatic carbocycles. The average Bonchev–Trinajstić information content (AvgIpc) is 3.17. The second-order valence-corrected chi connectivity index (χ2v) is 7.47. The summed E-state index contributed by atoms with van der Waals surface area (Å²) in [6, 6.07) is 17.4. The summed E-state index contributed by atoms with van der Waals surface area (Å²) in [5, 5.41) is 17.2. The molecule has 2 heterocycles. The predicted octanol–water partition coefficient (Wildman–Crippen LogP) is 4.99. The van der Waals surface area contributed by atoms with Gasteiger partial charge in [-0.3, -0.25) is 0 Å². The molecule has 0 spiro atoms. The summed E-state index contributed by atoms with van der Waals surface area (Å²) < 4.78 is 16.7. The van der Waals surface area contributed by atoms with Crippen LogP contribution in [-0.4, -0.2) is 25.8 Å². The number of carboxylic acids is 1. The van der Waals surface area contributed by atoms with E-state index in [0.29, 0.717) is 20.6 Å². The van der Waals surface area contributed by atoms with E-state index in [-0.39, 0.29) is 17.9 Å². The Balaban J connectivity index is 1.75. The molecule has 0 saturated heterocycles. The molecule has 0 bridgehead atoms. The number of benzene rings is 2. The molecule has 0 aliphatic rings. The van der Waals surface area contributed by atoms with Gasteiger partial charge in [0.1, 0.15) is 15.2 Å². The molecule has 2 N–H and O–H groups in total. The fourth-order valence-corrected chi connectivity index (χ4v) is 3.74. The summed E-state index contributed by atoms with van der Waals surface area (Å²) in [5.74, 6) is -1.42. The Morgan fingerprint density at radius 1 is 1.10 bits per heavy atom. The van der Waals surface area contributed by atoms with Gasteiger partial charge in [0, 0.05) is 30.1 Å². The van der Waals surface area contributed by atoms with Gasteiger partial charge in [-0.05, 0) is 52.9 Å². The maximum Gasteiger partial charge on any atom is 0.337 e. The number of para-hydroxylation sites is 1. The molecule has 30 heavy (non-hydrogen) atoms. The highest BCUT2D eigenvalue weighted by Crippen LogP contribution is 2.28. The summed E-state index contributed by atoms with van der Waals surface area (Å²) in [6.45, 7) is 0.248. The highest BCUT2D eigenvalue weighted by molar-refractivity contribution is 14.1. The van der Waals surface area contributed by atoms with Crippen molar-refractivity contribution in [3.05, 3.63) is 93.7 Å². The predicted molar refractivity (Wildman–Crippen MR) is 120 cm³/mol. The molecule has 150 valence electrons. The van der Waals surface area contributed by atoms with Crippen molar-refractivity contribution in [3.8, 4) is 16.9 Å². The van der Waals surface area contributed by atoms with E-state index in [0.717, 1.165) is 11.3 Å². The van der Waals surface area contributed by atoms with E-state index >= 15 is 0 Å². The largest absolute Gasteiger partial charge is 0.478 e. The van der Waals surface area contributed by atoms with E-state index in [2.05, 4.69) is 15.4 Å². The number of nitrogens with zero attached hydrogens (tertiary/aromatic N) is 3. The van der Waals surface area contributed by atoms with E-state index in [9.17, 15) is 14.3 Å². The summed E-state index contributed by atoms with van der Waals surface area (Å²) in [6.07, 6.45) is 3.27. The van der Waals surface area contributed by atoms with E-state index in [1.165, 1.54) is 18.3 Å². The van der Waals surface area contributed by atoms with Crippen LogP contribution in [0.4, 0.5) is 10.1 Å².